The maximum atomic E-state index is 12.4. The van der Waals surface area contributed by atoms with Crippen LogP contribution in [-0.4, -0.2) is 19.5 Å². The van der Waals surface area contributed by atoms with Crippen molar-refractivity contribution in [2.24, 2.45) is 0 Å². The topological polar surface area (TPSA) is 33.5 Å². The van der Waals surface area contributed by atoms with E-state index >= 15 is 0 Å². The zero-order valence-corrected chi connectivity index (χ0v) is 14.8. The first kappa shape index (κ1) is 17.2. The second kappa shape index (κ2) is 7.95. The molecule has 0 saturated carbocycles. The molecule has 1 amide bonds. The van der Waals surface area contributed by atoms with Crippen molar-refractivity contribution in [1.82, 2.24) is 5.32 Å². The Kier molecular flexibility index (Phi) is 5.46. The van der Waals surface area contributed by atoms with E-state index in [1.807, 2.05) is 43.3 Å². The van der Waals surface area contributed by atoms with Crippen molar-refractivity contribution in [3.63, 3.8) is 0 Å². The van der Waals surface area contributed by atoms with E-state index in [1.165, 1.54) is 21.2 Å². The van der Waals surface area contributed by atoms with Gasteiger partial charge in [0.2, 0.25) is 0 Å². The predicted molar refractivity (Wildman–Crippen MR) is 102 cm³/mol. The van der Waals surface area contributed by atoms with Gasteiger partial charge in [0.05, 0.1) is 13.1 Å². The highest BCUT2D eigenvalue weighted by Gasteiger charge is 2.15. The van der Waals surface area contributed by atoms with Crippen molar-refractivity contribution in [1.29, 1.82) is 0 Å². The van der Waals surface area contributed by atoms with Crippen LogP contribution in [-0.2, 0) is 11.3 Å². The second-order valence-corrected chi connectivity index (χ2v) is 6.65. The quantitative estimate of drug-likeness (QED) is 0.714. The van der Waals surface area contributed by atoms with E-state index in [0.717, 1.165) is 12.1 Å². The lowest BCUT2D eigenvalue weighted by Crippen LogP contribution is -3.08. The number of hydrogen-bond acceptors (Lipinski definition) is 1. The molecule has 0 spiro atoms. The molecule has 2 atom stereocenters. The van der Waals surface area contributed by atoms with Crippen LogP contribution in [0.5, 0.6) is 0 Å². The van der Waals surface area contributed by atoms with Crippen LogP contribution in [0.4, 0.5) is 0 Å². The average molecular weight is 333 g/mol. The fourth-order valence-corrected chi connectivity index (χ4v) is 3.28. The molecule has 0 aliphatic heterocycles. The molecule has 3 nitrogen and oxygen atoms in total. The maximum Gasteiger partial charge on any atom is 0.275 e. The van der Waals surface area contributed by atoms with Gasteiger partial charge in [-0.1, -0.05) is 72.8 Å². The summed E-state index contributed by atoms with van der Waals surface area (Å²) in [6.07, 6.45) is 0. The van der Waals surface area contributed by atoms with Gasteiger partial charge >= 0.3 is 0 Å². The summed E-state index contributed by atoms with van der Waals surface area (Å²) in [6.45, 7) is 3.35. The lowest BCUT2D eigenvalue weighted by atomic mass is 10.00. The molecule has 25 heavy (non-hydrogen) atoms. The highest BCUT2D eigenvalue weighted by Crippen LogP contribution is 2.23. The van der Waals surface area contributed by atoms with Gasteiger partial charge in [-0.3, -0.25) is 4.79 Å². The van der Waals surface area contributed by atoms with Crippen LogP contribution < -0.4 is 10.2 Å². The molecule has 0 radical (unpaired) electrons. The van der Waals surface area contributed by atoms with Crippen molar-refractivity contribution in [2.45, 2.75) is 19.5 Å². The molecule has 2 N–H and O–H groups in total. The second-order valence-electron chi connectivity index (χ2n) is 6.65. The van der Waals surface area contributed by atoms with Gasteiger partial charge in [-0.25, -0.2) is 0 Å². The van der Waals surface area contributed by atoms with Gasteiger partial charge in [0.15, 0.2) is 6.54 Å². The number of carbonyl (C=O) groups excluding carboxylic acids is 1. The number of nitrogens with one attached hydrogen (secondary N) is 2. The van der Waals surface area contributed by atoms with Crippen molar-refractivity contribution < 1.29 is 9.69 Å². The summed E-state index contributed by atoms with van der Waals surface area (Å²) in [4.78, 5) is 13.6. The Bertz CT molecular complexity index is 840. The maximum absolute atomic E-state index is 12.4. The molecule has 0 aliphatic rings. The number of likely N-dealkylation sites (N-methyl/N-ethyl adjacent to an activating group) is 1. The molecule has 1 unspecified atom stereocenters. The summed E-state index contributed by atoms with van der Waals surface area (Å²) in [7, 11) is 2.05. The number of quaternary nitrogens is 1. The van der Waals surface area contributed by atoms with Crippen molar-refractivity contribution >= 4 is 16.7 Å². The molecule has 3 heteroatoms. The molecule has 0 saturated heterocycles. The average Bonchev–Trinajstić information content (AvgIpc) is 2.61. The number of benzene rings is 3. The molecule has 3 aromatic rings. The Balaban J connectivity index is 1.62. The van der Waals surface area contributed by atoms with Gasteiger partial charge in [0.1, 0.15) is 6.54 Å². The van der Waals surface area contributed by atoms with Crippen LogP contribution in [0.2, 0.25) is 0 Å². The molecular formula is C22H25N2O+. The van der Waals surface area contributed by atoms with E-state index < -0.39 is 0 Å². The van der Waals surface area contributed by atoms with E-state index in [-0.39, 0.29) is 11.9 Å². The summed E-state index contributed by atoms with van der Waals surface area (Å²) < 4.78 is 0. The highest BCUT2D eigenvalue weighted by atomic mass is 16.2. The van der Waals surface area contributed by atoms with Crippen LogP contribution in [0.15, 0.2) is 72.8 Å². The highest BCUT2D eigenvalue weighted by molar-refractivity contribution is 5.87. The van der Waals surface area contributed by atoms with Crippen LogP contribution in [0.25, 0.3) is 10.8 Å². The number of rotatable bonds is 6. The van der Waals surface area contributed by atoms with E-state index in [2.05, 4.69) is 48.8 Å². The van der Waals surface area contributed by atoms with Gasteiger partial charge in [-0.05, 0) is 23.3 Å². The van der Waals surface area contributed by atoms with E-state index in [1.54, 1.807) is 0 Å². The number of carbonyl (C=O) groups is 1. The summed E-state index contributed by atoms with van der Waals surface area (Å²) >= 11 is 0. The van der Waals surface area contributed by atoms with Gasteiger partial charge in [0.25, 0.3) is 5.91 Å². The van der Waals surface area contributed by atoms with Crippen molar-refractivity contribution in [3.8, 4) is 0 Å². The summed E-state index contributed by atoms with van der Waals surface area (Å²) in [5.74, 6) is 0.0777. The first-order chi connectivity index (χ1) is 12.1. The van der Waals surface area contributed by atoms with Gasteiger partial charge < -0.3 is 10.2 Å². The number of hydrogen-bond donors (Lipinski definition) is 2. The lowest BCUT2D eigenvalue weighted by Gasteiger charge is -2.19. The van der Waals surface area contributed by atoms with Crippen LogP contribution in [0, 0.1) is 0 Å². The summed E-state index contributed by atoms with van der Waals surface area (Å²) in [5.41, 5.74) is 2.40. The van der Waals surface area contributed by atoms with E-state index in [0.29, 0.717) is 6.54 Å². The van der Waals surface area contributed by atoms with Crippen LogP contribution >= 0.6 is 0 Å². The molecule has 0 aromatic heterocycles. The third-order valence-electron chi connectivity index (χ3n) is 4.48. The van der Waals surface area contributed by atoms with Crippen molar-refractivity contribution in [3.05, 3.63) is 83.9 Å². The predicted octanol–water partition coefficient (Wildman–Crippen LogP) is 2.73. The summed E-state index contributed by atoms with van der Waals surface area (Å²) in [6, 6.07) is 24.8. The Morgan fingerprint density at radius 3 is 2.44 bits per heavy atom. The fraction of sp³-hybridized carbons (Fsp3) is 0.227. The van der Waals surface area contributed by atoms with Gasteiger partial charge in [0, 0.05) is 5.56 Å². The van der Waals surface area contributed by atoms with Gasteiger partial charge in [-0.15, -0.1) is 0 Å². The smallest absolute Gasteiger partial charge is 0.275 e. The molecule has 0 fully saturated rings. The molecule has 0 heterocycles. The Morgan fingerprint density at radius 2 is 1.64 bits per heavy atom. The fourth-order valence-electron chi connectivity index (χ4n) is 3.28. The largest absolute Gasteiger partial charge is 0.345 e. The lowest BCUT2D eigenvalue weighted by molar-refractivity contribution is -0.885. The molecule has 128 valence electrons. The monoisotopic (exact) mass is 333 g/mol. The molecule has 3 rings (SSSR count). The van der Waals surface area contributed by atoms with Crippen LogP contribution in [0.1, 0.15) is 24.1 Å². The molecule has 0 bridgehead atoms. The minimum atomic E-state index is -0.0110. The normalized spacial score (nSPS) is 13.4. The Labute approximate surface area is 149 Å². The van der Waals surface area contributed by atoms with Gasteiger partial charge in [-0.2, -0.15) is 0 Å². The third kappa shape index (κ3) is 4.46. The number of amides is 1. The third-order valence-corrected chi connectivity index (χ3v) is 4.48. The number of fused-ring (bicyclic) bond motifs is 1. The zero-order chi connectivity index (χ0) is 17.6. The first-order valence-electron chi connectivity index (χ1n) is 8.76. The SMILES string of the molecule is C[C@@H](NC(=O)C[NH+](C)Cc1ccccc1)c1cccc2ccccc12. The first-order valence-corrected chi connectivity index (χ1v) is 8.76. The summed E-state index contributed by atoms with van der Waals surface area (Å²) in [5, 5.41) is 5.54. The van der Waals surface area contributed by atoms with Crippen molar-refractivity contribution in [2.75, 3.05) is 13.6 Å². The zero-order valence-electron chi connectivity index (χ0n) is 14.8. The van der Waals surface area contributed by atoms with Crippen LogP contribution in [0.3, 0.4) is 0 Å². The minimum Gasteiger partial charge on any atom is -0.345 e. The molecule has 0 aliphatic carbocycles. The standard InChI is InChI=1S/C22H24N2O/c1-17(20-14-8-12-19-11-6-7-13-21(19)20)23-22(25)16-24(2)15-18-9-4-3-5-10-18/h3-14,17H,15-16H2,1-2H3,(H,23,25)/p+1/t17-/m1/s1. The minimum absolute atomic E-state index is 0.0110. The van der Waals surface area contributed by atoms with E-state index in [4.69, 9.17) is 0 Å². The Hall–Kier alpha value is -2.65. The molecule has 3 aromatic carbocycles. The molecular weight excluding hydrogens is 308 g/mol. The van der Waals surface area contributed by atoms with E-state index in [9.17, 15) is 4.79 Å². The Morgan fingerprint density at radius 1 is 0.960 bits per heavy atom.